The van der Waals surface area contributed by atoms with Gasteiger partial charge in [0.05, 0.1) is 12.5 Å². The minimum absolute atomic E-state index is 0.0542. The van der Waals surface area contributed by atoms with Crippen LogP contribution in [0.25, 0.3) is 0 Å². The average Bonchev–Trinajstić information content (AvgIpc) is 3.13. The number of rotatable bonds is 7. The Labute approximate surface area is 189 Å². The van der Waals surface area contributed by atoms with Crippen LogP contribution in [-0.4, -0.2) is 37.5 Å². The van der Waals surface area contributed by atoms with E-state index in [0.29, 0.717) is 18.0 Å². The molecule has 164 valence electrons. The number of aryl methyl sites for hydroxylation is 2. The molecular weight excluding hydrogens is 464 g/mol. The van der Waals surface area contributed by atoms with Crippen LogP contribution in [0.2, 0.25) is 0 Å². The van der Waals surface area contributed by atoms with Crippen LogP contribution < -0.4 is 15.0 Å². The number of halogens is 1. The average molecular weight is 489 g/mol. The quantitative estimate of drug-likeness (QED) is 0.595. The lowest BCUT2D eigenvalue weighted by atomic mass is 10.1. The molecule has 0 spiro atoms. The number of carbonyl (C=O) groups excluding carboxylic acids is 3. The van der Waals surface area contributed by atoms with E-state index in [4.69, 9.17) is 9.47 Å². The van der Waals surface area contributed by atoms with Gasteiger partial charge in [0, 0.05) is 28.8 Å². The predicted molar refractivity (Wildman–Crippen MR) is 121 cm³/mol. The van der Waals surface area contributed by atoms with E-state index >= 15 is 0 Å². The first-order chi connectivity index (χ1) is 14.8. The molecule has 1 saturated heterocycles. The minimum Gasteiger partial charge on any atom is -0.494 e. The zero-order valence-electron chi connectivity index (χ0n) is 17.7. The summed E-state index contributed by atoms with van der Waals surface area (Å²) in [4.78, 5) is 38.6. The molecular formula is C23H25BrN2O5. The van der Waals surface area contributed by atoms with Crippen molar-refractivity contribution in [2.24, 2.45) is 5.92 Å². The summed E-state index contributed by atoms with van der Waals surface area (Å²) in [7, 11) is 0. The summed E-state index contributed by atoms with van der Waals surface area (Å²) in [5.41, 5.74) is 3.24. The van der Waals surface area contributed by atoms with E-state index in [-0.39, 0.29) is 18.9 Å². The van der Waals surface area contributed by atoms with Crippen molar-refractivity contribution in [2.75, 3.05) is 30.0 Å². The van der Waals surface area contributed by atoms with Gasteiger partial charge in [-0.25, -0.2) is 0 Å². The molecule has 0 radical (unpaired) electrons. The summed E-state index contributed by atoms with van der Waals surface area (Å²) in [6.07, 6.45) is 0.0542. The first-order valence-electron chi connectivity index (χ1n) is 10.0. The van der Waals surface area contributed by atoms with Gasteiger partial charge in [0.15, 0.2) is 6.61 Å². The highest BCUT2D eigenvalue weighted by molar-refractivity contribution is 9.10. The van der Waals surface area contributed by atoms with E-state index in [1.165, 1.54) is 0 Å². The largest absolute Gasteiger partial charge is 0.494 e. The Balaban J connectivity index is 1.53. The highest BCUT2D eigenvalue weighted by Crippen LogP contribution is 2.28. The Bertz CT molecular complexity index is 990. The fourth-order valence-corrected chi connectivity index (χ4v) is 3.82. The highest BCUT2D eigenvalue weighted by Gasteiger charge is 2.36. The zero-order valence-corrected chi connectivity index (χ0v) is 19.3. The third-order valence-electron chi connectivity index (χ3n) is 5.04. The van der Waals surface area contributed by atoms with Crippen molar-refractivity contribution in [1.29, 1.82) is 0 Å². The van der Waals surface area contributed by atoms with Crippen LogP contribution in [-0.2, 0) is 19.1 Å². The van der Waals surface area contributed by atoms with Crippen molar-refractivity contribution in [3.63, 3.8) is 0 Å². The van der Waals surface area contributed by atoms with E-state index in [2.05, 4.69) is 21.2 Å². The third kappa shape index (κ3) is 5.64. The third-order valence-corrected chi connectivity index (χ3v) is 5.90. The number of hydrogen-bond donors (Lipinski definition) is 1. The number of anilines is 2. The number of benzene rings is 2. The van der Waals surface area contributed by atoms with Crippen LogP contribution >= 0.6 is 15.9 Å². The molecule has 31 heavy (non-hydrogen) atoms. The molecule has 3 rings (SSSR count). The number of ether oxygens (including phenoxy) is 2. The summed E-state index contributed by atoms with van der Waals surface area (Å²) in [6, 6.07) is 10.9. The van der Waals surface area contributed by atoms with Crippen LogP contribution in [0.15, 0.2) is 40.9 Å². The van der Waals surface area contributed by atoms with Gasteiger partial charge in [-0.1, -0.05) is 15.9 Å². The SMILES string of the molecule is CCOc1ccc(N2C[C@H](C(=O)OCC(=O)Nc3cc(C)c(Br)cc3C)CC2=O)cc1. The van der Waals surface area contributed by atoms with E-state index in [9.17, 15) is 14.4 Å². The normalized spacial score (nSPS) is 15.7. The molecule has 1 aliphatic heterocycles. The number of hydrogen-bond acceptors (Lipinski definition) is 5. The maximum absolute atomic E-state index is 12.4. The van der Waals surface area contributed by atoms with Crippen molar-refractivity contribution < 1.29 is 23.9 Å². The molecule has 1 fully saturated rings. The Kier molecular flexibility index (Phi) is 7.33. The van der Waals surface area contributed by atoms with Crippen molar-refractivity contribution in [2.45, 2.75) is 27.2 Å². The molecule has 0 bridgehead atoms. The van der Waals surface area contributed by atoms with E-state index in [1.807, 2.05) is 32.9 Å². The van der Waals surface area contributed by atoms with Crippen LogP contribution in [0.4, 0.5) is 11.4 Å². The molecule has 8 heteroatoms. The summed E-state index contributed by atoms with van der Waals surface area (Å²) in [5.74, 6) is -1.03. The fraction of sp³-hybridized carbons (Fsp3) is 0.348. The molecule has 0 aromatic heterocycles. The number of amides is 2. The highest BCUT2D eigenvalue weighted by atomic mass is 79.9. The maximum Gasteiger partial charge on any atom is 0.311 e. The molecule has 2 aromatic carbocycles. The Morgan fingerprint density at radius 2 is 1.87 bits per heavy atom. The zero-order chi connectivity index (χ0) is 22.5. The summed E-state index contributed by atoms with van der Waals surface area (Å²) in [6.45, 7) is 6.08. The van der Waals surface area contributed by atoms with Crippen molar-refractivity contribution in [3.05, 3.63) is 52.0 Å². The molecule has 1 atom stereocenters. The Morgan fingerprint density at radius 1 is 1.16 bits per heavy atom. The molecule has 0 aliphatic carbocycles. The monoisotopic (exact) mass is 488 g/mol. The smallest absolute Gasteiger partial charge is 0.311 e. The van der Waals surface area contributed by atoms with Gasteiger partial charge in [0.1, 0.15) is 5.75 Å². The van der Waals surface area contributed by atoms with Gasteiger partial charge in [-0.05, 0) is 68.3 Å². The molecule has 1 aliphatic rings. The summed E-state index contributed by atoms with van der Waals surface area (Å²) < 4.78 is 11.5. The van der Waals surface area contributed by atoms with Gasteiger partial charge >= 0.3 is 5.97 Å². The standard InChI is InChI=1S/C23H25BrN2O5/c1-4-30-18-7-5-17(6-8-18)26-12-16(11-22(26)28)23(29)31-13-21(27)25-20-10-14(2)19(24)9-15(20)3/h5-10,16H,4,11-13H2,1-3H3,(H,25,27)/t16-/m1/s1. The van der Waals surface area contributed by atoms with E-state index in [0.717, 1.165) is 21.3 Å². The second-order valence-corrected chi connectivity index (χ2v) is 8.26. The molecule has 1 heterocycles. The van der Waals surface area contributed by atoms with Crippen LogP contribution in [0.5, 0.6) is 5.75 Å². The van der Waals surface area contributed by atoms with Gasteiger partial charge in [0.2, 0.25) is 5.91 Å². The molecule has 2 aromatic rings. The lowest BCUT2D eigenvalue weighted by Crippen LogP contribution is -2.28. The minimum atomic E-state index is -0.608. The van der Waals surface area contributed by atoms with E-state index < -0.39 is 24.4 Å². The number of carbonyl (C=O) groups is 3. The van der Waals surface area contributed by atoms with Gasteiger partial charge in [-0.3, -0.25) is 14.4 Å². The van der Waals surface area contributed by atoms with Crippen LogP contribution in [0.3, 0.4) is 0 Å². The second-order valence-electron chi connectivity index (χ2n) is 7.40. The number of esters is 1. The lowest BCUT2D eigenvalue weighted by molar-refractivity contribution is -0.151. The molecule has 0 unspecified atom stereocenters. The Morgan fingerprint density at radius 3 is 2.55 bits per heavy atom. The van der Waals surface area contributed by atoms with Gasteiger partial charge in [0.25, 0.3) is 5.91 Å². The molecule has 0 saturated carbocycles. The van der Waals surface area contributed by atoms with Gasteiger partial charge in [-0.15, -0.1) is 0 Å². The van der Waals surface area contributed by atoms with Crippen molar-refractivity contribution >= 4 is 45.1 Å². The first-order valence-corrected chi connectivity index (χ1v) is 10.8. The molecule has 1 N–H and O–H groups in total. The molecule has 7 nitrogen and oxygen atoms in total. The fourth-order valence-electron chi connectivity index (χ4n) is 3.36. The van der Waals surface area contributed by atoms with Crippen LogP contribution in [0.1, 0.15) is 24.5 Å². The topological polar surface area (TPSA) is 84.9 Å². The number of nitrogens with one attached hydrogen (secondary N) is 1. The molecule has 2 amide bonds. The van der Waals surface area contributed by atoms with Crippen molar-refractivity contribution in [3.8, 4) is 5.75 Å². The van der Waals surface area contributed by atoms with E-state index in [1.54, 1.807) is 29.2 Å². The Hall–Kier alpha value is -2.87. The van der Waals surface area contributed by atoms with Gasteiger partial charge < -0.3 is 19.7 Å². The second kappa shape index (κ2) is 9.96. The van der Waals surface area contributed by atoms with Crippen LogP contribution in [0, 0.1) is 19.8 Å². The number of nitrogens with zero attached hydrogens (tertiary/aromatic N) is 1. The summed E-state index contributed by atoms with van der Waals surface area (Å²) in [5, 5.41) is 2.76. The van der Waals surface area contributed by atoms with Gasteiger partial charge in [-0.2, -0.15) is 0 Å². The predicted octanol–water partition coefficient (Wildman–Crippen LogP) is 4.00. The first kappa shape index (κ1) is 22.8. The summed E-state index contributed by atoms with van der Waals surface area (Å²) >= 11 is 3.45. The lowest BCUT2D eigenvalue weighted by Gasteiger charge is -2.17. The maximum atomic E-state index is 12.4. The van der Waals surface area contributed by atoms with Crippen molar-refractivity contribution in [1.82, 2.24) is 0 Å².